The highest BCUT2D eigenvalue weighted by atomic mass is 16.5. The molecule has 2 saturated carbocycles. The quantitative estimate of drug-likeness (QED) is 0.270. The van der Waals surface area contributed by atoms with Gasteiger partial charge in [0.25, 0.3) is 0 Å². The zero-order valence-electron chi connectivity index (χ0n) is 22.2. The third kappa shape index (κ3) is 6.42. The van der Waals surface area contributed by atoms with Crippen molar-refractivity contribution in [2.45, 2.75) is 90.1 Å². The van der Waals surface area contributed by atoms with Crippen molar-refractivity contribution in [3.63, 3.8) is 0 Å². The van der Waals surface area contributed by atoms with Crippen molar-refractivity contribution >= 4 is 22.7 Å². The highest BCUT2D eigenvalue weighted by molar-refractivity contribution is 5.94. The fourth-order valence-electron chi connectivity index (χ4n) is 5.43. The molecule has 0 radical (unpaired) electrons. The molecular weight excluding hydrogens is 464 g/mol. The molecule has 3 N–H and O–H groups in total. The average molecular weight is 505 g/mol. The summed E-state index contributed by atoms with van der Waals surface area (Å²) >= 11 is 0. The van der Waals surface area contributed by atoms with Gasteiger partial charge in [-0.2, -0.15) is 9.97 Å². The van der Waals surface area contributed by atoms with Crippen LogP contribution in [-0.2, 0) is 0 Å². The molecule has 37 heavy (non-hydrogen) atoms. The minimum atomic E-state index is 0.431. The van der Waals surface area contributed by atoms with Crippen LogP contribution in [0.4, 0.5) is 11.8 Å². The van der Waals surface area contributed by atoms with E-state index < -0.39 is 0 Å². The predicted octanol–water partition coefficient (Wildman–Crippen LogP) is 6.48. The molecule has 0 spiro atoms. The fourth-order valence-corrected chi connectivity index (χ4v) is 5.43. The summed E-state index contributed by atoms with van der Waals surface area (Å²) in [5.74, 6) is 2.63. The monoisotopic (exact) mass is 504 g/mol. The second-order valence-electron chi connectivity index (χ2n) is 10.1. The Balaban J connectivity index is 1.48. The first kappa shape index (κ1) is 25.5. The molecule has 3 aromatic rings. The van der Waals surface area contributed by atoms with Gasteiger partial charge < -0.3 is 14.8 Å². The van der Waals surface area contributed by atoms with E-state index in [-0.39, 0.29) is 0 Å². The van der Waals surface area contributed by atoms with Gasteiger partial charge in [-0.25, -0.2) is 10.4 Å². The first-order chi connectivity index (χ1) is 18.2. The van der Waals surface area contributed by atoms with E-state index in [1.54, 1.807) is 0 Å². The number of hydrogen-bond donors (Lipinski definition) is 3. The van der Waals surface area contributed by atoms with Crippen molar-refractivity contribution in [3.8, 4) is 22.9 Å². The highest BCUT2D eigenvalue weighted by Gasteiger charge is 2.19. The lowest BCUT2D eigenvalue weighted by Gasteiger charge is -2.25. The van der Waals surface area contributed by atoms with Crippen LogP contribution in [0.5, 0.6) is 11.8 Å². The lowest BCUT2D eigenvalue weighted by atomic mass is 9.95. The molecule has 0 unspecified atom stereocenters. The molecule has 8 nitrogen and oxygen atoms in total. The maximum absolute atomic E-state index is 5.89. The predicted molar refractivity (Wildman–Crippen MR) is 149 cm³/mol. The molecule has 0 atom stereocenters. The number of anilines is 2. The Morgan fingerprint density at radius 2 is 1.51 bits per heavy atom. The Hall–Kier alpha value is -3.13. The summed E-state index contributed by atoms with van der Waals surface area (Å²) in [6.07, 6.45) is 12.4. The second kappa shape index (κ2) is 12.4. The van der Waals surface area contributed by atoms with Crippen LogP contribution in [0, 0.1) is 0 Å². The zero-order chi connectivity index (χ0) is 25.5. The van der Waals surface area contributed by atoms with Gasteiger partial charge in [0.2, 0.25) is 17.7 Å². The zero-order valence-corrected chi connectivity index (χ0v) is 22.2. The minimum absolute atomic E-state index is 0.431. The lowest BCUT2D eigenvalue weighted by Crippen LogP contribution is -2.36. The molecule has 0 bridgehead atoms. The van der Waals surface area contributed by atoms with E-state index in [1.807, 2.05) is 26.0 Å². The summed E-state index contributed by atoms with van der Waals surface area (Å²) in [5, 5.41) is 4.76. The van der Waals surface area contributed by atoms with Gasteiger partial charge in [-0.3, -0.25) is 5.43 Å². The van der Waals surface area contributed by atoms with Crippen LogP contribution in [0.25, 0.3) is 22.0 Å². The summed E-state index contributed by atoms with van der Waals surface area (Å²) in [6.45, 7) is 5.01. The second-order valence-corrected chi connectivity index (χ2v) is 10.1. The molecule has 2 fully saturated rings. The van der Waals surface area contributed by atoms with Gasteiger partial charge >= 0.3 is 0 Å². The van der Waals surface area contributed by atoms with Gasteiger partial charge in [-0.1, -0.05) is 44.6 Å². The van der Waals surface area contributed by atoms with E-state index in [1.165, 1.54) is 64.2 Å². The van der Waals surface area contributed by atoms with Crippen molar-refractivity contribution in [1.82, 2.24) is 20.4 Å². The number of aromatic nitrogens is 3. The Kier molecular flexibility index (Phi) is 8.56. The highest BCUT2D eigenvalue weighted by Crippen LogP contribution is 2.35. The first-order valence-corrected chi connectivity index (χ1v) is 14.1. The largest absolute Gasteiger partial charge is 0.478 e. The molecule has 2 aliphatic carbocycles. The topological polar surface area (TPSA) is 93.2 Å². The van der Waals surface area contributed by atoms with Gasteiger partial charge in [0.05, 0.1) is 18.7 Å². The maximum atomic E-state index is 5.89. The molecule has 1 aromatic carbocycles. The number of ether oxygens (including phenoxy) is 2. The minimum Gasteiger partial charge on any atom is -0.478 e. The Morgan fingerprint density at radius 3 is 2.24 bits per heavy atom. The molecule has 5 rings (SSSR count). The van der Waals surface area contributed by atoms with Crippen LogP contribution in [0.1, 0.15) is 78.1 Å². The van der Waals surface area contributed by atoms with Crippen molar-refractivity contribution < 1.29 is 9.47 Å². The van der Waals surface area contributed by atoms with Crippen LogP contribution in [-0.4, -0.2) is 40.2 Å². The van der Waals surface area contributed by atoms with E-state index in [0.717, 1.165) is 27.8 Å². The Labute approximate surface area is 220 Å². The summed E-state index contributed by atoms with van der Waals surface area (Å²) in [4.78, 5) is 14.4. The number of hydrazine groups is 1. The van der Waals surface area contributed by atoms with Gasteiger partial charge in [-0.05, 0) is 63.3 Å². The van der Waals surface area contributed by atoms with Crippen LogP contribution in [0.3, 0.4) is 0 Å². The number of fused-ring (bicyclic) bond motifs is 1. The van der Waals surface area contributed by atoms with Gasteiger partial charge in [0.15, 0.2) is 0 Å². The fraction of sp³-hybridized carbons (Fsp3) is 0.552. The molecular formula is C29H40N6O2. The number of nitrogens with one attached hydrogen (secondary N) is 3. The van der Waals surface area contributed by atoms with Gasteiger partial charge in [-0.15, -0.1) is 0 Å². The van der Waals surface area contributed by atoms with Crippen molar-refractivity contribution in [2.75, 3.05) is 24.0 Å². The van der Waals surface area contributed by atoms with E-state index in [2.05, 4.69) is 39.4 Å². The number of hydrogen-bond acceptors (Lipinski definition) is 8. The van der Waals surface area contributed by atoms with Crippen molar-refractivity contribution in [1.29, 1.82) is 0 Å². The summed E-state index contributed by atoms with van der Waals surface area (Å²) in [7, 11) is 0. The van der Waals surface area contributed by atoms with Gasteiger partial charge in [0.1, 0.15) is 5.82 Å². The maximum Gasteiger partial charge on any atom is 0.239 e. The van der Waals surface area contributed by atoms with Crippen LogP contribution in [0.2, 0.25) is 0 Å². The average Bonchev–Trinajstić information content (AvgIpc) is 2.93. The number of rotatable bonds is 10. The molecule has 0 amide bonds. The van der Waals surface area contributed by atoms with E-state index in [9.17, 15) is 0 Å². The third-order valence-corrected chi connectivity index (χ3v) is 7.35. The normalized spacial score (nSPS) is 17.0. The molecule has 0 aliphatic heterocycles. The standard InChI is InChI=1S/C29H40N6O2/c1-3-36-26-18-16-23(28(32-26)37-4-2)20-15-17-25-24(19-20)27(30-21-11-7-5-8-12-21)33-29(31-25)35-34-22-13-9-6-10-14-22/h15-19,21-22,34H,3-14H2,1-2H3,(H2,30,31,33,35). The number of pyridine rings is 1. The summed E-state index contributed by atoms with van der Waals surface area (Å²) in [5.41, 5.74) is 9.64. The Morgan fingerprint density at radius 1 is 0.784 bits per heavy atom. The smallest absolute Gasteiger partial charge is 0.239 e. The van der Waals surface area contributed by atoms with Crippen LogP contribution < -0.4 is 25.6 Å². The number of nitrogens with zero attached hydrogens (tertiary/aromatic N) is 3. The third-order valence-electron chi connectivity index (χ3n) is 7.35. The van der Waals surface area contributed by atoms with Crippen LogP contribution >= 0.6 is 0 Å². The van der Waals surface area contributed by atoms with Gasteiger partial charge in [0, 0.05) is 29.1 Å². The van der Waals surface area contributed by atoms with E-state index in [4.69, 9.17) is 19.4 Å². The summed E-state index contributed by atoms with van der Waals surface area (Å²) < 4.78 is 11.5. The molecule has 2 aliphatic rings. The lowest BCUT2D eigenvalue weighted by molar-refractivity contribution is 0.300. The molecule has 0 saturated heterocycles. The summed E-state index contributed by atoms with van der Waals surface area (Å²) in [6, 6.07) is 11.1. The molecule has 198 valence electrons. The molecule has 2 aromatic heterocycles. The molecule has 2 heterocycles. The van der Waals surface area contributed by atoms with Crippen molar-refractivity contribution in [3.05, 3.63) is 30.3 Å². The molecule has 8 heteroatoms. The first-order valence-electron chi connectivity index (χ1n) is 14.1. The van der Waals surface area contributed by atoms with Crippen LogP contribution in [0.15, 0.2) is 30.3 Å². The number of benzene rings is 1. The Bertz CT molecular complexity index is 1170. The van der Waals surface area contributed by atoms with E-state index in [0.29, 0.717) is 43.0 Å². The SMILES string of the molecule is CCOc1ccc(-c2ccc3nc(NNC4CCCCC4)nc(NC4CCCCC4)c3c2)c(OCC)n1. The van der Waals surface area contributed by atoms with Crippen molar-refractivity contribution in [2.24, 2.45) is 0 Å². The van der Waals surface area contributed by atoms with E-state index >= 15 is 0 Å².